The van der Waals surface area contributed by atoms with Crippen LogP contribution in [0.25, 0.3) is 0 Å². The molecule has 0 aromatic heterocycles. The first-order chi connectivity index (χ1) is 12.0. The van der Waals surface area contributed by atoms with Crippen molar-refractivity contribution in [3.8, 4) is 23.0 Å². The van der Waals surface area contributed by atoms with E-state index in [2.05, 4.69) is 0 Å². The van der Waals surface area contributed by atoms with Gasteiger partial charge >= 0.3 is 18.9 Å². The van der Waals surface area contributed by atoms with E-state index in [0.717, 1.165) is 11.1 Å². The summed E-state index contributed by atoms with van der Waals surface area (Å²) >= 11 is 0. The van der Waals surface area contributed by atoms with Gasteiger partial charge in [0.1, 0.15) is 28.6 Å². The quantitative estimate of drug-likeness (QED) is 0.528. The summed E-state index contributed by atoms with van der Waals surface area (Å²) in [5, 5.41) is 0.918. The molecule has 26 heavy (non-hydrogen) atoms. The fourth-order valence-corrected chi connectivity index (χ4v) is 3.28. The zero-order valence-electron chi connectivity index (χ0n) is 15.1. The first-order valence-corrected chi connectivity index (χ1v) is 8.86. The normalized spacial score (nSPS) is 10.5. The van der Waals surface area contributed by atoms with E-state index in [0.29, 0.717) is 22.8 Å². The fourth-order valence-electron chi connectivity index (χ4n) is 2.31. The number of hydrogen-bond donors (Lipinski definition) is 0. The number of ether oxygens (including phenoxy) is 4. The predicted molar refractivity (Wildman–Crippen MR) is 108 cm³/mol. The molecule has 0 N–H and O–H groups in total. The van der Waals surface area contributed by atoms with Crippen molar-refractivity contribution in [1.82, 2.24) is 0 Å². The fraction of sp³-hybridized carbons (Fsp3) is 0.316. The van der Waals surface area contributed by atoms with Crippen molar-refractivity contribution in [2.45, 2.75) is 20.0 Å². The van der Waals surface area contributed by atoms with Crippen LogP contribution in [-0.4, -0.2) is 51.8 Å². The molecule has 0 aliphatic heterocycles. The second-order valence-corrected chi connectivity index (χ2v) is 6.83. The molecular formula is C19H24LiO5P. The van der Waals surface area contributed by atoms with Gasteiger partial charge in [-0.3, -0.25) is 4.79 Å². The zero-order valence-corrected chi connectivity index (χ0v) is 16.1. The summed E-state index contributed by atoms with van der Waals surface area (Å²) in [6.45, 7) is 3.95. The maximum atomic E-state index is 12.8. The van der Waals surface area contributed by atoms with E-state index in [1.807, 2.05) is 38.1 Å². The zero-order chi connectivity index (χ0) is 18.4. The number of carbonyl (C=O) groups excluding carboxylic acids is 1. The van der Waals surface area contributed by atoms with Crippen LogP contribution in [0.2, 0.25) is 0 Å². The minimum absolute atomic E-state index is 0. The van der Waals surface area contributed by atoms with E-state index in [9.17, 15) is 4.79 Å². The Morgan fingerprint density at radius 3 is 1.85 bits per heavy atom. The Bertz CT molecular complexity index is 706. The Kier molecular flexibility index (Phi) is 9.02. The van der Waals surface area contributed by atoms with Gasteiger partial charge in [-0.25, -0.2) is 0 Å². The van der Waals surface area contributed by atoms with Crippen LogP contribution in [0.15, 0.2) is 36.4 Å². The average molecular weight is 370 g/mol. The van der Waals surface area contributed by atoms with Crippen molar-refractivity contribution in [1.29, 1.82) is 0 Å². The van der Waals surface area contributed by atoms with Crippen molar-refractivity contribution in [3.63, 3.8) is 0 Å². The summed E-state index contributed by atoms with van der Waals surface area (Å²) in [5.41, 5.74) is 0.362. The van der Waals surface area contributed by atoms with Gasteiger partial charge in [0, 0.05) is 12.1 Å². The first kappa shape index (κ1) is 22.4. The van der Waals surface area contributed by atoms with E-state index in [1.54, 1.807) is 19.2 Å². The maximum absolute atomic E-state index is 12.8. The van der Waals surface area contributed by atoms with Gasteiger partial charge in [0.15, 0.2) is 5.52 Å². The van der Waals surface area contributed by atoms with Crippen LogP contribution >= 0.6 is 8.58 Å². The molecule has 0 amide bonds. The van der Waals surface area contributed by atoms with Crippen molar-refractivity contribution in [2.75, 3.05) is 21.3 Å². The summed E-state index contributed by atoms with van der Waals surface area (Å²) < 4.78 is 21.5. The SMILES string of the molecule is COc1cc(OC)c(C(=O)Pc2ccc(OC(C)C)cc2)c(OC)c1.[LiH]. The number of hydrogen-bond acceptors (Lipinski definition) is 5. The van der Waals surface area contributed by atoms with Gasteiger partial charge in [0.05, 0.1) is 27.4 Å². The van der Waals surface area contributed by atoms with Gasteiger partial charge in [-0.1, -0.05) is 12.1 Å². The Balaban J connectivity index is 0.00000338. The summed E-state index contributed by atoms with van der Waals surface area (Å²) in [4.78, 5) is 12.8. The van der Waals surface area contributed by atoms with Crippen LogP contribution in [0.5, 0.6) is 23.0 Å². The van der Waals surface area contributed by atoms with E-state index in [4.69, 9.17) is 18.9 Å². The monoisotopic (exact) mass is 370 g/mol. The van der Waals surface area contributed by atoms with E-state index < -0.39 is 0 Å². The summed E-state index contributed by atoms with van der Waals surface area (Å²) in [5.74, 6) is 2.24. The summed E-state index contributed by atoms with van der Waals surface area (Å²) in [6.07, 6.45) is 0.114. The van der Waals surface area contributed by atoms with Crippen molar-refractivity contribution in [2.24, 2.45) is 0 Å². The second kappa shape index (κ2) is 10.5. The number of rotatable bonds is 8. The van der Waals surface area contributed by atoms with Crippen molar-refractivity contribution >= 4 is 38.3 Å². The third-order valence-electron chi connectivity index (χ3n) is 3.43. The van der Waals surface area contributed by atoms with Crippen molar-refractivity contribution < 1.29 is 23.7 Å². The van der Waals surface area contributed by atoms with Gasteiger partial charge in [0.25, 0.3) is 0 Å². The molecule has 1 unspecified atom stereocenters. The first-order valence-electron chi connectivity index (χ1n) is 7.86. The van der Waals surface area contributed by atoms with E-state index in [1.165, 1.54) is 14.2 Å². The molecule has 0 heterocycles. The third-order valence-corrected chi connectivity index (χ3v) is 4.53. The molecular weight excluding hydrogens is 346 g/mol. The molecule has 0 aliphatic rings. The molecule has 7 heteroatoms. The molecule has 2 rings (SSSR count). The van der Waals surface area contributed by atoms with Crippen LogP contribution in [-0.2, 0) is 0 Å². The molecule has 0 saturated carbocycles. The molecule has 0 spiro atoms. The van der Waals surface area contributed by atoms with E-state index in [-0.39, 0.29) is 39.1 Å². The molecule has 0 bridgehead atoms. The molecule has 5 nitrogen and oxygen atoms in total. The van der Waals surface area contributed by atoms with Crippen LogP contribution < -0.4 is 24.3 Å². The van der Waals surface area contributed by atoms with Gasteiger partial charge in [-0.15, -0.1) is 0 Å². The van der Waals surface area contributed by atoms with Gasteiger partial charge in [-0.05, 0) is 39.9 Å². The number of benzene rings is 2. The van der Waals surface area contributed by atoms with Crippen molar-refractivity contribution in [3.05, 3.63) is 42.0 Å². The summed E-state index contributed by atoms with van der Waals surface area (Å²) in [7, 11) is 4.54. The van der Waals surface area contributed by atoms with Crippen LogP contribution in [0, 0.1) is 0 Å². The van der Waals surface area contributed by atoms with Gasteiger partial charge < -0.3 is 18.9 Å². The van der Waals surface area contributed by atoms with E-state index >= 15 is 0 Å². The molecule has 0 aliphatic carbocycles. The van der Waals surface area contributed by atoms with Crippen LogP contribution in [0.4, 0.5) is 0 Å². The molecule has 1 atom stereocenters. The second-order valence-electron chi connectivity index (χ2n) is 5.55. The topological polar surface area (TPSA) is 54.0 Å². The Labute approximate surface area is 168 Å². The van der Waals surface area contributed by atoms with Gasteiger partial charge in [-0.2, -0.15) is 0 Å². The average Bonchev–Trinajstić information content (AvgIpc) is 2.61. The minimum atomic E-state index is -0.0612. The predicted octanol–water partition coefficient (Wildman–Crippen LogP) is 3.00. The van der Waals surface area contributed by atoms with Crippen LogP contribution in [0.1, 0.15) is 24.2 Å². The molecule has 0 saturated heterocycles. The Morgan fingerprint density at radius 1 is 0.885 bits per heavy atom. The third kappa shape index (κ3) is 5.67. The van der Waals surface area contributed by atoms with Gasteiger partial charge in [0.2, 0.25) is 0 Å². The molecule has 2 aromatic rings. The Morgan fingerprint density at radius 2 is 1.42 bits per heavy atom. The Hall–Kier alpha value is -1.66. The number of carbonyl (C=O) groups is 1. The molecule has 0 fully saturated rings. The summed E-state index contributed by atoms with van der Waals surface area (Å²) in [6, 6.07) is 10.9. The molecule has 136 valence electrons. The standard InChI is InChI=1S/C19H23O5P.Li.H/c1-12(2)24-13-6-8-15(9-7-13)25-19(20)18-16(22-4)10-14(21-3)11-17(18)23-5;;/h6-12,25H,1-5H3;;. The molecule has 2 aromatic carbocycles. The molecule has 0 radical (unpaired) electrons. The van der Waals surface area contributed by atoms with Crippen LogP contribution in [0.3, 0.4) is 0 Å². The number of methoxy groups -OCH3 is 3.